The Hall–Kier alpha value is -1.75. The highest BCUT2D eigenvalue weighted by Crippen LogP contribution is 2.28. The fraction of sp³-hybridized carbons (Fsp3) is 0.533. The highest BCUT2D eigenvalue weighted by atomic mass is 16.4. The molecule has 0 radical (unpaired) electrons. The number of nitrogen functional groups attached to an aromatic ring is 1. The second kappa shape index (κ2) is 5.32. The Morgan fingerprint density at radius 1 is 1.25 bits per heavy atom. The first-order chi connectivity index (χ1) is 9.65. The lowest BCUT2D eigenvalue weighted by atomic mass is 9.95. The van der Waals surface area contributed by atoms with E-state index in [4.69, 9.17) is 10.2 Å². The quantitative estimate of drug-likeness (QED) is 0.592. The molecule has 0 amide bonds. The summed E-state index contributed by atoms with van der Waals surface area (Å²) in [6.07, 6.45) is 6.28. The van der Waals surface area contributed by atoms with Gasteiger partial charge in [-0.05, 0) is 25.0 Å². The molecule has 0 saturated heterocycles. The second-order valence-electron chi connectivity index (χ2n) is 5.74. The average molecular weight is 275 g/mol. The van der Waals surface area contributed by atoms with E-state index in [1.54, 1.807) is 12.1 Å². The van der Waals surface area contributed by atoms with E-state index in [1.807, 2.05) is 6.07 Å². The monoisotopic (exact) mass is 275 g/mol. The summed E-state index contributed by atoms with van der Waals surface area (Å²) >= 11 is 0. The first-order valence-electron chi connectivity index (χ1n) is 7.27. The molecule has 1 aromatic heterocycles. The van der Waals surface area contributed by atoms with Crippen LogP contribution in [0.5, 0.6) is 0 Å². The number of rotatable bonds is 3. The van der Waals surface area contributed by atoms with Gasteiger partial charge in [0.25, 0.3) is 6.01 Å². The van der Waals surface area contributed by atoms with Gasteiger partial charge in [0.15, 0.2) is 5.58 Å². The molecule has 20 heavy (non-hydrogen) atoms. The largest absolute Gasteiger partial charge is 0.423 e. The van der Waals surface area contributed by atoms with Crippen molar-refractivity contribution in [3.05, 3.63) is 18.2 Å². The minimum atomic E-state index is -0.643. The van der Waals surface area contributed by atoms with Crippen molar-refractivity contribution in [3.8, 4) is 0 Å². The lowest BCUT2D eigenvalue weighted by molar-refractivity contribution is 0.0376. The van der Waals surface area contributed by atoms with E-state index in [2.05, 4.69) is 10.3 Å². The zero-order valence-corrected chi connectivity index (χ0v) is 11.6. The van der Waals surface area contributed by atoms with Gasteiger partial charge in [-0.3, -0.25) is 0 Å². The number of nitrogens with two attached hydrogens (primary N) is 1. The van der Waals surface area contributed by atoms with Crippen LogP contribution in [0.15, 0.2) is 22.6 Å². The van der Waals surface area contributed by atoms with Crippen LogP contribution in [0, 0.1) is 0 Å². The molecule has 0 aliphatic heterocycles. The molecule has 0 atom stereocenters. The molecule has 108 valence electrons. The Morgan fingerprint density at radius 3 is 2.75 bits per heavy atom. The van der Waals surface area contributed by atoms with Gasteiger partial charge in [-0.1, -0.05) is 25.7 Å². The Labute approximate surface area is 118 Å². The number of aromatic nitrogens is 1. The molecule has 1 aliphatic rings. The van der Waals surface area contributed by atoms with Crippen LogP contribution >= 0.6 is 0 Å². The van der Waals surface area contributed by atoms with Crippen LogP contribution in [0.3, 0.4) is 0 Å². The van der Waals surface area contributed by atoms with Gasteiger partial charge in [-0.2, -0.15) is 4.98 Å². The van der Waals surface area contributed by atoms with Crippen molar-refractivity contribution < 1.29 is 9.52 Å². The second-order valence-corrected chi connectivity index (χ2v) is 5.74. The maximum Gasteiger partial charge on any atom is 0.295 e. The van der Waals surface area contributed by atoms with Crippen molar-refractivity contribution in [1.82, 2.24) is 4.98 Å². The number of aliphatic hydroxyl groups is 1. The van der Waals surface area contributed by atoms with E-state index in [1.165, 1.54) is 12.8 Å². The molecular formula is C15H21N3O2. The number of fused-ring (bicyclic) bond motifs is 1. The van der Waals surface area contributed by atoms with Crippen molar-refractivity contribution in [1.29, 1.82) is 0 Å². The molecule has 1 fully saturated rings. The smallest absolute Gasteiger partial charge is 0.295 e. The maximum absolute atomic E-state index is 10.6. The summed E-state index contributed by atoms with van der Waals surface area (Å²) in [5.74, 6) is 0. The number of hydrogen-bond acceptors (Lipinski definition) is 5. The summed E-state index contributed by atoms with van der Waals surface area (Å²) in [6.45, 7) is 0.481. The van der Waals surface area contributed by atoms with E-state index >= 15 is 0 Å². The summed E-state index contributed by atoms with van der Waals surface area (Å²) < 4.78 is 5.60. The highest BCUT2D eigenvalue weighted by molar-refractivity contribution is 5.78. The third-order valence-corrected chi connectivity index (χ3v) is 4.02. The standard InChI is InChI=1S/C15H21N3O2/c16-11-5-6-12-13(9-11)20-14(18-12)17-10-15(19)7-3-1-2-4-8-15/h5-6,9,19H,1-4,7-8,10,16H2,(H,17,18). The van der Waals surface area contributed by atoms with Crippen LogP contribution in [0.2, 0.25) is 0 Å². The topological polar surface area (TPSA) is 84.3 Å². The Balaban J connectivity index is 1.69. The van der Waals surface area contributed by atoms with Crippen LogP contribution < -0.4 is 11.1 Å². The number of hydrogen-bond donors (Lipinski definition) is 3. The van der Waals surface area contributed by atoms with E-state index in [9.17, 15) is 5.11 Å². The van der Waals surface area contributed by atoms with Gasteiger partial charge in [-0.15, -0.1) is 0 Å². The van der Waals surface area contributed by atoms with Gasteiger partial charge in [-0.25, -0.2) is 0 Å². The minimum absolute atomic E-state index is 0.447. The molecule has 1 saturated carbocycles. The first kappa shape index (κ1) is 13.2. The van der Waals surface area contributed by atoms with Crippen LogP contribution in [0.25, 0.3) is 11.1 Å². The molecule has 1 heterocycles. The fourth-order valence-electron chi connectivity index (χ4n) is 2.82. The van der Waals surface area contributed by atoms with Gasteiger partial charge < -0.3 is 20.6 Å². The van der Waals surface area contributed by atoms with E-state index in [0.717, 1.165) is 31.2 Å². The maximum atomic E-state index is 10.6. The molecule has 0 spiro atoms. The molecule has 3 rings (SSSR count). The first-order valence-corrected chi connectivity index (χ1v) is 7.27. The van der Waals surface area contributed by atoms with Crippen molar-refractivity contribution in [2.45, 2.75) is 44.1 Å². The van der Waals surface area contributed by atoms with Gasteiger partial charge in [0, 0.05) is 18.3 Å². The Kier molecular flexibility index (Phi) is 3.53. The van der Waals surface area contributed by atoms with Crippen molar-refractivity contribution in [3.63, 3.8) is 0 Å². The summed E-state index contributed by atoms with van der Waals surface area (Å²) in [6, 6.07) is 5.84. The van der Waals surface area contributed by atoms with Crippen LogP contribution in [0.4, 0.5) is 11.7 Å². The zero-order chi connectivity index (χ0) is 14.0. The molecule has 5 heteroatoms. The van der Waals surface area contributed by atoms with E-state index < -0.39 is 5.60 Å². The van der Waals surface area contributed by atoms with Crippen molar-refractivity contribution in [2.75, 3.05) is 17.6 Å². The Morgan fingerprint density at radius 2 is 2.00 bits per heavy atom. The van der Waals surface area contributed by atoms with Gasteiger partial charge >= 0.3 is 0 Å². The third kappa shape index (κ3) is 2.88. The summed E-state index contributed by atoms with van der Waals surface area (Å²) in [5, 5.41) is 13.7. The summed E-state index contributed by atoms with van der Waals surface area (Å²) in [5.41, 5.74) is 7.17. The molecule has 1 aromatic carbocycles. The lowest BCUT2D eigenvalue weighted by Crippen LogP contribution is -2.36. The summed E-state index contributed by atoms with van der Waals surface area (Å²) in [7, 11) is 0. The fourth-order valence-corrected chi connectivity index (χ4v) is 2.82. The number of benzene rings is 1. The van der Waals surface area contributed by atoms with Crippen molar-refractivity contribution in [2.24, 2.45) is 0 Å². The number of anilines is 2. The number of nitrogens with one attached hydrogen (secondary N) is 1. The molecule has 0 bridgehead atoms. The van der Waals surface area contributed by atoms with E-state index in [0.29, 0.717) is 23.8 Å². The third-order valence-electron chi connectivity index (χ3n) is 4.02. The normalized spacial score (nSPS) is 18.9. The molecule has 5 nitrogen and oxygen atoms in total. The van der Waals surface area contributed by atoms with E-state index in [-0.39, 0.29) is 0 Å². The zero-order valence-electron chi connectivity index (χ0n) is 11.6. The number of oxazole rings is 1. The number of nitrogens with zero attached hydrogens (tertiary/aromatic N) is 1. The van der Waals surface area contributed by atoms with Gasteiger partial charge in [0.1, 0.15) is 5.52 Å². The molecule has 1 aliphatic carbocycles. The predicted octanol–water partition coefficient (Wildman–Crippen LogP) is 2.91. The average Bonchev–Trinajstić information content (AvgIpc) is 2.70. The molecular weight excluding hydrogens is 254 g/mol. The summed E-state index contributed by atoms with van der Waals surface area (Å²) in [4.78, 5) is 4.35. The molecule has 2 aromatic rings. The lowest BCUT2D eigenvalue weighted by Gasteiger charge is -2.26. The van der Waals surface area contributed by atoms with Crippen molar-refractivity contribution >= 4 is 22.8 Å². The highest BCUT2D eigenvalue weighted by Gasteiger charge is 2.28. The SMILES string of the molecule is Nc1ccc2nc(NCC3(O)CCCCCC3)oc2c1. The van der Waals surface area contributed by atoms with Crippen LogP contribution in [0.1, 0.15) is 38.5 Å². The molecule has 0 unspecified atom stereocenters. The van der Waals surface area contributed by atoms with Gasteiger partial charge in [0.2, 0.25) is 0 Å². The van der Waals surface area contributed by atoms with Crippen LogP contribution in [-0.4, -0.2) is 22.2 Å². The Bertz CT molecular complexity index is 586. The molecule has 4 N–H and O–H groups in total. The minimum Gasteiger partial charge on any atom is -0.423 e. The van der Waals surface area contributed by atoms with Gasteiger partial charge in [0.05, 0.1) is 5.60 Å². The van der Waals surface area contributed by atoms with Crippen LogP contribution in [-0.2, 0) is 0 Å². The predicted molar refractivity (Wildman–Crippen MR) is 79.6 cm³/mol.